The summed E-state index contributed by atoms with van der Waals surface area (Å²) in [6, 6.07) is 10.1. The molecule has 1 aromatic carbocycles. The number of likely N-dealkylation sites (tertiary alicyclic amines) is 1. The highest BCUT2D eigenvalue weighted by Crippen LogP contribution is 2.65. The van der Waals surface area contributed by atoms with Crippen molar-refractivity contribution in [2.24, 2.45) is 35.0 Å². The first-order chi connectivity index (χ1) is 19.3. The molecule has 0 N–H and O–H groups in total. The number of amides is 1. The molecule has 1 aromatic rings. The molecule has 0 bridgehead atoms. The lowest BCUT2D eigenvalue weighted by molar-refractivity contribution is -0.129. The number of rotatable bonds is 2. The summed E-state index contributed by atoms with van der Waals surface area (Å²) in [5.41, 5.74) is 4.46. The van der Waals surface area contributed by atoms with E-state index in [1.165, 1.54) is 25.7 Å². The molecule has 2 heterocycles. The lowest BCUT2D eigenvalue weighted by atomic mass is 9.52. The van der Waals surface area contributed by atoms with Crippen molar-refractivity contribution in [2.45, 2.75) is 116 Å². The summed E-state index contributed by atoms with van der Waals surface area (Å²) in [6.45, 7) is 8.34. The molecular weight excluding hydrogens is 498 g/mol. The number of nitrogens with zero attached hydrogens (tertiary/aromatic N) is 1. The van der Waals surface area contributed by atoms with E-state index in [1.54, 1.807) is 11.1 Å². The highest BCUT2D eigenvalue weighted by atomic mass is 16.6. The van der Waals surface area contributed by atoms with E-state index in [0.717, 1.165) is 68.9 Å². The third-order valence-corrected chi connectivity index (χ3v) is 12.8. The Kier molecular flexibility index (Phi) is 6.68. The van der Waals surface area contributed by atoms with Gasteiger partial charge in [-0.1, -0.05) is 55.3 Å². The number of hydrogen-bond acceptors (Lipinski definition) is 4. The molecule has 0 aromatic heterocycles. The molecule has 2 saturated heterocycles. The topological polar surface area (TPSA) is 55.8 Å². The van der Waals surface area contributed by atoms with E-state index in [1.807, 2.05) is 35.2 Å². The maximum atomic E-state index is 13.4. The van der Waals surface area contributed by atoms with Crippen LogP contribution in [0, 0.1) is 35.0 Å². The van der Waals surface area contributed by atoms with Crippen LogP contribution in [-0.4, -0.2) is 41.1 Å². The van der Waals surface area contributed by atoms with Gasteiger partial charge in [0.15, 0.2) is 0 Å². The van der Waals surface area contributed by atoms with Crippen molar-refractivity contribution in [3.05, 3.63) is 47.0 Å². The fourth-order valence-electron chi connectivity index (χ4n) is 10.6. The normalized spacial score (nSPS) is 42.6. The number of ether oxygens (including phenoxy) is 2. The summed E-state index contributed by atoms with van der Waals surface area (Å²) < 4.78 is 12.9. The average Bonchev–Trinajstić information content (AvgIpc) is 3.43. The molecule has 5 fully saturated rings. The number of benzene rings is 1. The van der Waals surface area contributed by atoms with E-state index in [2.05, 4.69) is 20.8 Å². The van der Waals surface area contributed by atoms with Crippen molar-refractivity contribution in [1.82, 2.24) is 4.90 Å². The fraction of sp³-hybridized carbons (Fsp3) is 0.714. The van der Waals surface area contributed by atoms with Gasteiger partial charge < -0.3 is 14.4 Å². The van der Waals surface area contributed by atoms with Gasteiger partial charge >= 0.3 is 6.09 Å². The van der Waals surface area contributed by atoms with Gasteiger partial charge in [0, 0.05) is 25.3 Å². The summed E-state index contributed by atoms with van der Waals surface area (Å²) >= 11 is 0. The summed E-state index contributed by atoms with van der Waals surface area (Å²) in [7, 11) is 0. The first-order valence-electron chi connectivity index (χ1n) is 16.1. The molecule has 4 aliphatic carbocycles. The molecule has 40 heavy (non-hydrogen) atoms. The number of Topliss-reactive ketones (excluding diaryl/α,β-unsaturated/α-hetero) is 1. The van der Waals surface area contributed by atoms with E-state index in [4.69, 9.17) is 9.47 Å². The van der Waals surface area contributed by atoms with Crippen LogP contribution >= 0.6 is 0 Å². The van der Waals surface area contributed by atoms with Gasteiger partial charge in [-0.3, -0.25) is 4.79 Å². The second-order valence-electron chi connectivity index (χ2n) is 14.5. The largest absolute Gasteiger partial charge is 0.445 e. The quantitative estimate of drug-likeness (QED) is 0.362. The van der Waals surface area contributed by atoms with Gasteiger partial charge in [-0.05, 0) is 99.4 Å². The zero-order chi connectivity index (χ0) is 27.6. The van der Waals surface area contributed by atoms with E-state index < -0.39 is 0 Å². The molecule has 1 spiro atoms. The summed E-state index contributed by atoms with van der Waals surface area (Å²) in [4.78, 5) is 27.7. The number of hydrogen-bond donors (Lipinski definition) is 0. The lowest BCUT2D eigenvalue weighted by Crippen LogP contribution is -2.52. The molecule has 9 atom stereocenters. The minimum atomic E-state index is -0.189. The Morgan fingerprint density at radius 1 is 1.10 bits per heavy atom. The zero-order valence-corrected chi connectivity index (χ0v) is 24.7. The Bertz CT molecular complexity index is 1190. The van der Waals surface area contributed by atoms with Gasteiger partial charge in [0.25, 0.3) is 0 Å². The van der Waals surface area contributed by atoms with Crippen LogP contribution in [0.25, 0.3) is 0 Å². The van der Waals surface area contributed by atoms with Crippen LogP contribution in [-0.2, 0) is 20.9 Å². The van der Waals surface area contributed by atoms with Gasteiger partial charge in [-0.2, -0.15) is 0 Å². The lowest BCUT2D eigenvalue weighted by Gasteiger charge is -2.52. The van der Waals surface area contributed by atoms with Crippen molar-refractivity contribution in [1.29, 1.82) is 0 Å². The molecule has 2 aliphatic heterocycles. The van der Waals surface area contributed by atoms with Crippen molar-refractivity contribution in [3.63, 3.8) is 0 Å². The Labute approximate surface area is 240 Å². The number of allylic oxidation sites excluding steroid dienone is 1. The van der Waals surface area contributed by atoms with Crippen LogP contribution in [0.2, 0.25) is 0 Å². The second kappa shape index (κ2) is 10.00. The minimum absolute atomic E-state index is 0.0923. The monoisotopic (exact) mass is 545 g/mol. The minimum Gasteiger partial charge on any atom is -0.445 e. The van der Waals surface area contributed by atoms with Crippen molar-refractivity contribution in [3.8, 4) is 0 Å². The Morgan fingerprint density at radius 3 is 2.75 bits per heavy atom. The maximum Gasteiger partial charge on any atom is 0.410 e. The van der Waals surface area contributed by atoms with Gasteiger partial charge in [-0.15, -0.1) is 0 Å². The van der Waals surface area contributed by atoms with Crippen molar-refractivity contribution in [2.75, 3.05) is 6.54 Å². The van der Waals surface area contributed by atoms with Gasteiger partial charge in [-0.25, -0.2) is 4.79 Å². The third-order valence-electron chi connectivity index (χ3n) is 12.8. The summed E-state index contributed by atoms with van der Waals surface area (Å²) in [5.74, 6) is 3.55. The van der Waals surface area contributed by atoms with E-state index in [-0.39, 0.29) is 29.8 Å². The molecule has 1 amide bonds. The summed E-state index contributed by atoms with van der Waals surface area (Å²) in [6.07, 6.45) is 11.7. The fourth-order valence-corrected chi connectivity index (χ4v) is 10.6. The number of fused-ring (bicyclic) bond motifs is 6. The molecule has 5 nitrogen and oxygen atoms in total. The standard InChI is InChI=1S/C35H47NO4/c1-22-20-35(16-14-27-28-12-11-25-18-26(37)13-15-34(25,3)30(28)19-29(22)27)23(2)32-31(40-35)10-7-17-36(32)33(38)39-21-24-8-5-4-6-9-24/h4-6,8-9,23,25,27-28,30-32H,7,10-21H2,1-3H3/t23-,25-,27+,28+,30+,31-,32+,34+,35+/m1/s1. The smallest absolute Gasteiger partial charge is 0.410 e. The Morgan fingerprint density at radius 2 is 1.93 bits per heavy atom. The van der Waals surface area contributed by atoms with Crippen molar-refractivity contribution < 1.29 is 19.1 Å². The average molecular weight is 546 g/mol. The van der Waals surface area contributed by atoms with Crippen LogP contribution in [0.4, 0.5) is 4.79 Å². The maximum absolute atomic E-state index is 13.4. The molecule has 3 saturated carbocycles. The number of ketones is 1. The molecule has 5 heteroatoms. The van der Waals surface area contributed by atoms with Crippen LogP contribution in [0.1, 0.15) is 97.0 Å². The number of piperidine rings is 1. The molecule has 6 aliphatic rings. The zero-order valence-electron chi connectivity index (χ0n) is 24.7. The molecule has 7 rings (SSSR count). The number of carbonyl (C=O) groups excluding carboxylic acids is 2. The van der Waals surface area contributed by atoms with Crippen molar-refractivity contribution >= 4 is 11.9 Å². The Hall–Kier alpha value is -2.14. The molecule has 216 valence electrons. The molecule has 0 radical (unpaired) electrons. The van der Waals surface area contributed by atoms with Crippen LogP contribution in [0.15, 0.2) is 41.5 Å². The van der Waals surface area contributed by atoms with E-state index >= 15 is 0 Å². The van der Waals surface area contributed by atoms with E-state index in [9.17, 15) is 9.59 Å². The van der Waals surface area contributed by atoms with Crippen LogP contribution in [0.5, 0.6) is 0 Å². The molecule has 0 unspecified atom stereocenters. The van der Waals surface area contributed by atoms with Gasteiger partial charge in [0.1, 0.15) is 12.4 Å². The first kappa shape index (κ1) is 26.7. The predicted molar refractivity (Wildman–Crippen MR) is 154 cm³/mol. The van der Waals surface area contributed by atoms with E-state index in [0.29, 0.717) is 29.6 Å². The van der Waals surface area contributed by atoms with Crippen LogP contribution in [0.3, 0.4) is 0 Å². The second-order valence-corrected chi connectivity index (χ2v) is 14.5. The summed E-state index contributed by atoms with van der Waals surface area (Å²) in [5, 5.41) is 0. The van der Waals surface area contributed by atoms with Gasteiger partial charge in [0.05, 0.1) is 17.7 Å². The van der Waals surface area contributed by atoms with Gasteiger partial charge in [0.2, 0.25) is 0 Å². The SMILES string of the molecule is CC1=C2C[C@H]3[C@@H](CC[C@@H]4CC(=O)CC[C@@]43C)[C@@H]2CC[C@@]2(C1)O[C@@H]1CCCN(C(=O)OCc3ccccc3)[C@H]1[C@H]2C. The third kappa shape index (κ3) is 4.20. The highest BCUT2D eigenvalue weighted by Gasteiger charge is 2.60. The number of carbonyl (C=O) groups is 2. The first-order valence-corrected chi connectivity index (χ1v) is 16.1. The van der Waals surface area contributed by atoms with Crippen LogP contribution < -0.4 is 0 Å². The Balaban J connectivity index is 1.10. The highest BCUT2D eigenvalue weighted by molar-refractivity contribution is 5.79. The predicted octanol–water partition coefficient (Wildman–Crippen LogP) is 7.48. The molecular formula is C35H47NO4.